The number of aromatic nitrogens is 2. The van der Waals surface area contributed by atoms with Gasteiger partial charge in [0.1, 0.15) is 5.69 Å². The first-order valence-electron chi connectivity index (χ1n) is 9.21. The summed E-state index contributed by atoms with van der Waals surface area (Å²) in [5, 5.41) is 3.19. The number of rotatable bonds is 6. The van der Waals surface area contributed by atoms with Crippen molar-refractivity contribution in [1.82, 2.24) is 19.8 Å². The maximum atomic E-state index is 12.8. The molecule has 1 N–H and O–H groups in total. The summed E-state index contributed by atoms with van der Waals surface area (Å²) in [7, 11) is 0. The van der Waals surface area contributed by atoms with Crippen LogP contribution in [0.3, 0.4) is 0 Å². The number of ether oxygens (including phenoxy) is 1. The molecule has 1 aliphatic rings. The van der Waals surface area contributed by atoms with Crippen molar-refractivity contribution in [3.8, 4) is 0 Å². The second-order valence-corrected chi connectivity index (χ2v) is 6.81. The topological polar surface area (TPSA) is 87.7 Å². The van der Waals surface area contributed by atoms with Gasteiger partial charge in [-0.15, -0.1) is 0 Å². The molecule has 1 aromatic heterocycles. The third kappa shape index (κ3) is 5.57. The van der Waals surface area contributed by atoms with Crippen molar-refractivity contribution in [3.05, 3.63) is 17.5 Å². The highest BCUT2D eigenvalue weighted by atomic mass is 16.6. The molecule has 0 bridgehead atoms. The lowest BCUT2D eigenvalue weighted by Crippen LogP contribution is -2.50. The number of piperazine rings is 1. The summed E-state index contributed by atoms with van der Waals surface area (Å²) in [6, 6.07) is 1.70. The van der Waals surface area contributed by atoms with Crippen LogP contribution in [0.25, 0.3) is 0 Å². The number of nitrogens with zero attached hydrogens (tertiary/aromatic N) is 4. The Kier molecular flexibility index (Phi) is 7.17. The van der Waals surface area contributed by atoms with Crippen molar-refractivity contribution in [2.24, 2.45) is 5.92 Å². The molecule has 0 unspecified atom stereocenters. The molecule has 8 nitrogen and oxygen atoms in total. The Morgan fingerprint density at radius 2 is 1.85 bits per heavy atom. The van der Waals surface area contributed by atoms with Crippen LogP contribution in [-0.2, 0) is 4.74 Å². The van der Waals surface area contributed by atoms with Gasteiger partial charge in [-0.1, -0.05) is 13.8 Å². The first-order chi connectivity index (χ1) is 12.4. The van der Waals surface area contributed by atoms with Crippen LogP contribution in [0, 0.1) is 12.8 Å². The van der Waals surface area contributed by atoms with E-state index >= 15 is 0 Å². The Morgan fingerprint density at radius 1 is 1.19 bits per heavy atom. The van der Waals surface area contributed by atoms with E-state index in [1.54, 1.807) is 22.8 Å². The summed E-state index contributed by atoms with van der Waals surface area (Å²) in [6.07, 6.45) is 0.685. The molecule has 0 radical (unpaired) electrons. The molecule has 26 heavy (non-hydrogen) atoms. The summed E-state index contributed by atoms with van der Waals surface area (Å²) in [6.45, 7) is 10.9. The molecule has 144 valence electrons. The first-order valence-corrected chi connectivity index (χ1v) is 9.21. The zero-order valence-electron chi connectivity index (χ0n) is 16.1. The molecule has 0 aliphatic carbocycles. The maximum Gasteiger partial charge on any atom is 0.409 e. The zero-order chi connectivity index (χ0) is 19.1. The number of nitrogens with one attached hydrogen (secondary N) is 1. The van der Waals surface area contributed by atoms with Gasteiger partial charge in [0, 0.05) is 38.4 Å². The third-order valence-corrected chi connectivity index (χ3v) is 4.17. The fourth-order valence-electron chi connectivity index (χ4n) is 2.70. The minimum absolute atomic E-state index is 0.133. The van der Waals surface area contributed by atoms with Crippen molar-refractivity contribution in [2.75, 3.05) is 44.6 Å². The van der Waals surface area contributed by atoms with Gasteiger partial charge in [0.15, 0.2) is 0 Å². The molecule has 0 saturated carbocycles. The molecule has 8 heteroatoms. The first kappa shape index (κ1) is 19.9. The van der Waals surface area contributed by atoms with Crippen molar-refractivity contribution in [3.63, 3.8) is 0 Å². The Morgan fingerprint density at radius 3 is 2.46 bits per heavy atom. The van der Waals surface area contributed by atoms with E-state index in [4.69, 9.17) is 4.74 Å². The molecule has 2 rings (SSSR count). The Hall–Kier alpha value is -2.38. The fourth-order valence-corrected chi connectivity index (χ4v) is 2.70. The molecule has 1 saturated heterocycles. The van der Waals surface area contributed by atoms with Crippen LogP contribution < -0.4 is 5.32 Å². The highest BCUT2D eigenvalue weighted by molar-refractivity contribution is 5.92. The number of anilines is 1. The molecule has 0 aromatic carbocycles. The quantitative estimate of drug-likeness (QED) is 0.833. The lowest BCUT2D eigenvalue weighted by atomic mass is 10.1. The van der Waals surface area contributed by atoms with E-state index in [1.165, 1.54) is 0 Å². The highest BCUT2D eigenvalue weighted by Gasteiger charge is 2.26. The van der Waals surface area contributed by atoms with E-state index in [2.05, 4.69) is 29.1 Å². The second kappa shape index (κ2) is 9.35. The average Bonchev–Trinajstić information content (AvgIpc) is 2.60. The molecule has 2 amide bonds. The minimum Gasteiger partial charge on any atom is -0.450 e. The van der Waals surface area contributed by atoms with E-state index < -0.39 is 0 Å². The minimum atomic E-state index is -0.325. The van der Waals surface area contributed by atoms with Crippen LogP contribution in [0.4, 0.5) is 10.7 Å². The lowest BCUT2D eigenvalue weighted by Gasteiger charge is -2.33. The van der Waals surface area contributed by atoms with Crippen molar-refractivity contribution < 1.29 is 14.3 Å². The van der Waals surface area contributed by atoms with Gasteiger partial charge in [0.05, 0.1) is 6.61 Å². The zero-order valence-corrected chi connectivity index (χ0v) is 16.1. The van der Waals surface area contributed by atoms with E-state index in [1.807, 2.05) is 6.92 Å². The molecule has 1 aromatic rings. The summed E-state index contributed by atoms with van der Waals surface area (Å²) in [5.41, 5.74) is 1.13. The SMILES string of the molecule is CCOC(=O)N1CCN(C(=O)c2cc(C)nc(NCCC(C)C)n2)CC1. The van der Waals surface area contributed by atoms with Gasteiger partial charge in [-0.2, -0.15) is 0 Å². The largest absolute Gasteiger partial charge is 0.450 e. The molecule has 1 aliphatic heterocycles. The monoisotopic (exact) mass is 363 g/mol. The number of carbonyl (C=O) groups excluding carboxylic acids is 2. The van der Waals surface area contributed by atoms with E-state index in [9.17, 15) is 9.59 Å². The number of aryl methyl sites for hydroxylation is 1. The molecular formula is C18H29N5O3. The van der Waals surface area contributed by atoms with Crippen LogP contribution >= 0.6 is 0 Å². The van der Waals surface area contributed by atoms with E-state index in [-0.39, 0.29) is 12.0 Å². The predicted octanol–water partition coefficient (Wildman–Crippen LogP) is 2.16. The predicted molar refractivity (Wildman–Crippen MR) is 99.2 cm³/mol. The van der Waals surface area contributed by atoms with Gasteiger partial charge in [-0.05, 0) is 32.3 Å². The number of hydrogen-bond donors (Lipinski definition) is 1. The third-order valence-electron chi connectivity index (χ3n) is 4.17. The molecular weight excluding hydrogens is 334 g/mol. The van der Waals surface area contributed by atoms with Crippen LogP contribution in [0.1, 0.15) is 43.4 Å². The summed E-state index contributed by atoms with van der Waals surface area (Å²) in [5.74, 6) is 0.939. The Bertz CT molecular complexity index is 627. The maximum absolute atomic E-state index is 12.8. The smallest absolute Gasteiger partial charge is 0.409 e. The normalized spacial score (nSPS) is 14.5. The molecule has 2 heterocycles. The van der Waals surface area contributed by atoms with Gasteiger partial charge in [-0.3, -0.25) is 4.79 Å². The number of hydrogen-bond acceptors (Lipinski definition) is 6. The van der Waals surface area contributed by atoms with Crippen LogP contribution in [-0.4, -0.2) is 71.1 Å². The average molecular weight is 363 g/mol. The highest BCUT2D eigenvalue weighted by Crippen LogP contribution is 2.12. The molecule has 0 spiro atoms. The van der Waals surface area contributed by atoms with Crippen LogP contribution in [0.2, 0.25) is 0 Å². The lowest BCUT2D eigenvalue weighted by molar-refractivity contribution is 0.0566. The standard InChI is InChI=1S/C18H29N5O3/c1-5-26-18(25)23-10-8-22(9-11-23)16(24)15-12-14(4)20-17(21-15)19-7-6-13(2)3/h12-13H,5-11H2,1-4H3,(H,19,20,21). The summed E-state index contributed by atoms with van der Waals surface area (Å²) in [4.78, 5) is 36.6. The number of amides is 2. The summed E-state index contributed by atoms with van der Waals surface area (Å²) < 4.78 is 5.00. The summed E-state index contributed by atoms with van der Waals surface area (Å²) >= 11 is 0. The van der Waals surface area contributed by atoms with E-state index in [0.717, 1.165) is 18.7 Å². The Labute approximate surface area is 154 Å². The van der Waals surface area contributed by atoms with Crippen molar-refractivity contribution in [2.45, 2.75) is 34.1 Å². The van der Waals surface area contributed by atoms with Crippen LogP contribution in [0.5, 0.6) is 0 Å². The van der Waals surface area contributed by atoms with Gasteiger partial charge < -0.3 is 19.9 Å². The molecule has 1 fully saturated rings. The van der Waals surface area contributed by atoms with Crippen molar-refractivity contribution >= 4 is 17.9 Å². The van der Waals surface area contributed by atoms with Gasteiger partial charge in [0.2, 0.25) is 5.95 Å². The van der Waals surface area contributed by atoms with Crippen molar-refractivity contribution in [1.29, 1.82) is 0 Å². The number of carbonyl (C=O) groups is 2. The fraction of sp³-hybridized carbons (Fsp3) is 0.667. The second-order valence-electron chi connectivity index (χ2n) is 6.81. The van der Waals surface area contributed by atoms with E-state index in [0.29, 0.717) is 50.3 Å². The Balaban J connectivity index is 1.97. The van der Waals surface area contributed by atoms with Gasteiger partial charge >= 0.3 is 6.09 Å². The molecule has 0 atom stereocenters. The van der Waals surface area contributed by atoms with Crippen LogP contribution in [0.15, 0.2) is 6.07 Å². The van der Waals surface area contributed by atoms with Gasteiger partial charge in [-0.25, -0.2) is 14.8 Å². The van der Waals surface area contributed by atoms with Gasteiger partial charge in [0.25, 0.3) is 5.91 Å².